The molecular formula is C14H20FNO3. The Morgan fingerprint density at radius 1 is 1.42 bits per heavy atom. The Bertz CT molecular complexity index is 417. The van der Waals surface area contributed by atoms with Crippen LogP contribution in [0.15, 0.2) is 24.3 Å². The van der Waals surface area contributed by atoms with Gasteiger partial charge in [-0.3, -0.25) is 4.79 Å². The van der Waals surface area contributed by atoms with Crippen molar-refractivity contribution in [2.45, 2.75) is 25.4 Å². The molecule has 0 spiro atoms. The fourth-order valence-electron chi connectivity index (χ4n) is 1.68. The quantitative estimate of drug-likeness (QED) is 0.816. The van der Waals surface area contributed by atoms with Crippen molar-refractivity contribution >= 4 is 5.91 Å². The summed E-state index contributed by atoms with van der Waals surface area (Å²) in [5, 5.41) is 12.1. The number of halogens is 1. The summed E-state index contributed by atoms with van der Waals surface area (Å²) in [5.41, 5.74) is -0.0758. The van der Waals surface area contributed by atoms with Crippen LogP contribution < -0.4 is 5.32 Å². The van der Waals surface area contributed by atoms with E-state index in [0.29, 0.717) is 5.56 Å². The van der Waals surface area contributed by atoms with Crippen molar-refractivity contribution in [1.82, 2.24) is 5.32 Å². The molecule has 1 aromatic carbocycles. The van der Waals surface area contributed by atoms with E-state index in [1.807, 2.05) is 0 Å². The van der Waals surface area contributed by atoms with Crippen LogP contribution in [-0.4, -0.2) is 37.4 Å². The number of amides is 1. The molecule has 106 valence electrons. The molecule has 2 N–H and O–H groups in total. The molecule has 0 fully saturated rings. The van der Waals surface area contributed by atoms with Gasteiger partial charge in [-0.1, -0.05) is 12.1 Å². The number of rotatable bonds is 6. The number of aliphatic hydroxyl groups is 1. The topological polar surface area (TPSA) is 58.6 Å². The van der Waals surface area contributed by atoms with Crippen LogP contribution in [0, 0.1) is 5.82 Å². The summed E-state index contributed by atoms with van der Waals surface area (Å²) in [6.07, 6.45) is -0.738. The summed E-state index contributed by atoms with van der Waals surface area (Å²) >= 11 is 0. The number of nitrogens with one attached hydrogen (secondary N) is 1. The molecule has 0 bridgehead atoms. The number of ether oxygens (including phenoxy) is 1. The van der Waals surface area contributed by atoms with Crippen molar-refractivity contribution in [3.63, 3.8) is 0 Å². The molecule has 0 aromatic heterocycles. The van der Waals surface area contributed by atoms with Gasteiger partial charge in [-0.2, -0.15) is 0 Å². The van der Waals surface area contributed by atoms with Crippen molar-refractivity contribution < 1.29 is 19.0 Å². The third-order valence-corrected chi connectivity index (χ3v) is 2.99. The average Bonchev–Trinajstić information content (AvgIpc) is 2.36. The minimum Gasteiger partial charge on any atom is -0.389 e. The third kappa shape index (κ3) is 4.29. The van der Waals surface area contributed by atoms with Crippen LogP contribution in [0.1, 0.15) is 19.4 Å². The number of benzene rings is 1. The maximum atomic E-state index is 12.9. The van der Waals surface area contributed by atoms with Gasteiger partial charge in [0.25, 0.3) is 0 Å². The van der Waals surface area contributed by atoms with E-state index in [1.54, 1.807) is 26.0 Å². The van der Waals surface area contributed by atoms with E-state index in [2.05, 4.69) is 5.32 Å². The van der Waals surface area contributed by atoms with E-state index in [-0.39, 0.29) is 24.9 Å². The number of methoxy groups -OCH3 is 1. The van der Waals surface area contributed by atoms with Gasteiger partial charge in [0.05, 0.1) is 18.1 Å². The molecule has 1 atom stereocenters. The molecule has 0 aliphatic carbocycles. The van der Waals surface area contributed by atoms with Gasteiger partial charge in [0, 0.05) is 13.7 Å². The Balaban J connectivity index is 2.66. The van der Waals surface area contributed by atoms with Gasteiger partial charge in [-0.15, -0.1) is 0 Å². The minimum absolute atomic E-state index is 0.122. The maximum Gasteiger partial charge on any atom is 0.230 e. The van der Waals surface area contributed by atoms with Crippen LogP contribution in [-0.2, 0) is 14.9 Å². The summed E-state index contributed by atoms with van der Waals surface area (Å²) in [6.45, 7) is 3.78. The number of carbonyl (C=O) groups excluding carboxylic acids is 1. The van der Waals surface area contributed by atoms with Crippen LogP contribution in [0.2, 0.25) is 0 Å². The molecule has 5 heteroatoms. The smallest absolute Gasteiger partial charge is 0.230 e. The van der Waals surface area contributed by atoms with Crippen LogP contribution in [0.25, 0.3) is 0 Å². The van der Waals surface area contributed by atoms with Crippen LogP contribution in [0.4, 0.5) is 4.39 Å². The summed E-state index contributed by atoms with van der Waals surface area (Å²) in [5.74, 6) is -0.565. The molecule has 19 heavy (non-hydrogen) atoms. The van der Waals surface area contributed by atoms with E-state index < -0.39 is 11.5 Å². The van der Waals surface area contributed by atoms with E-state index in [1.165, 1.54) is 19.2 Å². The van der Waals surface area contributed by atoms with E-state index >= 15 is 0 Å². The second-order valence-corrected chi connectivity index (χ2v) is 4.95. The lowest BCUT2D eigenvalue weighted by Gasteiger charge is -2.25. The molecule has 0 radical (unpaired) electrons. The lowest BCUT2D eigenvalue weighted by Crippen LogP contribution is -2.43. The molecule has 1 amide bonds. The molecule has 0 saturated heterocycles. The first-order chi connectivity index (χ1) is 8.87. The van der Waals surface area contributed by atoms with Crippen LogP contribution >= 0.6 is 0 Å². The first-order valence-electron chi connectivity index (χ1n) is 6.09. The molecule has 0 heterocycles. The van der Waals surface area contributed by atoms with Gasteiger partial charge >= 0.3 is 0 Å². The van der Waals surface area contributed by atoms with Crippen molar-refractivity contribution in [3.05, 3.63) is 35.6 Å². The molecule has 0 saturated carbocycles. The highest BCUT2D eigenvalue weighted by Gasteiger charge is 2.29. The van der Waals surface area contributed by atoms with Crippen LogP contribution in [0.3, 0.4) is 0 Å². The highest BCUT2D eigenvalue weighted by molar-refractivity contribution is 5.87. The zero-order valence-corrected chi connectivity index (χ0v) is 11.4. The molecule has 1 aromatic rings. The summed E-state index contributed by atoms with van der Waals surface area (Å²) < 4.78 is 17.6. The SMILES string of the molecule is COCC(O)CNC(=O)C(C)(C)c1ccc(F)cc1. The van der Waals surface area contributed by atoms with E-state index in [9.17, 15) is 14.3 Å². The normalized spacial score (nSPS) is 13.1. The lowest BCUT2D eigenvalue weighted by molar-refractivity contribution is -0.126. The molecule has 1 rings (SSSR count). The van der Waals surface area contributed by atoms with E-state index in [0.717, 1.165) is 0 Å². The molecule has 4 nitrogen and oxygen atoms in total. The summed E-state index contributed by atoms with van der Waals surface area (Å²) in [6, 6.07) is 5.81. The van der Waals surface area contributed by atoms with Gasteiger partial charge < -0.3 is 15.2 Å². The van der Waals surface area contributed by atoms with Gasteiger partial charge in [-0.05, 0) is 31.5 Å². The second-order valence-electron chi connectivity index (χ2n) is 4.95. The Hall–Kier alpha value is -1.46. The zero-order valence-electron chi connectivity index (χ0n) is 11.4. The lowest BCUT2D eigenvalue weighted by atomic mass is 9.83. The highest BCUT2D eigenvalue weighted by atomic mass is 19.1. The van der Waals surface area contributed by atoms with Crippen molar-refractivity contribution in [2.75, 3.05) is 20.3 Å². The minimum atomic E-state index is -0.791. The first-order valence-corrected chi connectivity index (χ1v) is 6.09. The van der Waals surface area contributed by atoms with Crippen molar-refractivity contribution in [3.8, 4) is 0 Å². The van der Waals surface area contributed by atoms with Gasteiger partial charge in [0.2, 0.25) is 5.91 Å². The average molecular weight is 269 g/mol. The van der Waals surface area contributed by atoms with Gasteiger partial charge in [0.1, 0.15) is 5.82 Å². The van der Waals surface area contributed by atoms with Gasteiger partial charge in [-0.25, -0.2) is 4.39 Å². The van der Waals surface area contributed by atoms with E-state index in [4.69, 9.17) is 4.74 Å². The maximum absolute atomic E-state index is 12.9. The number of hydrogen-bond donors (Lipinski definition) is 2. The number of aliphatic hydroxyl groups excluding tert-OH is 1. The molecule has 0 aliphatic rings. The van der Waals surface area contributed by atoms with Crippen molar-refractivity contribution in [1.29, 1.82) is 0 Å². The monoisotopic (exact) mass is 269 g/mol. The number of hydrogen-bond acceptors (Lipinski definition) is 3. The molecule has 0 aliphatic heterocycles. The predicted molar refractivity (Wildman–Crippen MR) is 70.3 cm³/mol. The highest BCUT2D eigenvalue weighted by Crippen LogP contribution is 2.23. The summed E-state index contributed by atoms with van der Waals surface area (Å²) in [7, 11) is 1.48. The molecule has 1 unspecified atom stereocenters. The Morgan fingerprint density at radius 3 is 2.53 bits per heavy atom. The van der Waals surface area contributed by atoms with Crippen LogP contribution in [0.5, 0.6) is 0 Å². The zero-order chi connectivity index (χ0) is 14.5. The first kappa shape index (κ1) is 15.6. The molecular weight excluding hydrogens is 249 g/mol. The second kappa shape index (κ2) is 6.63. The largest absolute Gasteiger partial charge is 0.389 e. The fraction of sp³-hybridized carbons (Fsp3) is 0.500. The fourth-order valence-corrected chi connectivity index (χ4v) is 1.68. The number of carbonyl (C=O) groups is 1. The Kier molecular flexibility index (Phi) is 5.44. The summed E-state index contributed by atoms with van der Waals surface area (Å²) in [4.78, 5) is 12.1. The standard InChI is InChI=1S/C14H20FNO3/c1-14(2,10-4-6-11(15)7-5-10)13(18)16-8-12(17)9-19-3/h4-7,12,17H,8-9H2,1-3H3,(H,16,18). The van der Waals surface area contributed by atoms with Gasteiger partial charge in [0.15, 0.2) is 0 Å². The Morgan fingerprint density at radius 2 is 2.00 bits per heavy atom. The third-order valence-electron chi connectivity index (χ3n) is 2.99. The van der Waals surface area contributed by atoms with Crippen molar-refractivity contribution in [2.24, 2.45) is 0 Å². The predicted octanol–water partition coefficient (Wildman–Crippen LogP) is 1.23. The Labute approximate surface area is 112 Å².